The Kier molecular flexibility index (Phi) is 2.97. The van der Waals surface area contributed by atoms with Gasteiger partial charge in [0.25, 0.3) is 0 Å². The highest BCUT2D eigenvalue weighted by atomic mass is 16.1. The van der Waals surface area contributed by atoms with Crippen LogP contribution in [-0.4, -0.2) is 17.8 Å². The molecule has 102 valence electrons. The summed E-state index contributed by atoms with van der Waals surface area (Å²) in [5.74, 6) is 0.810. The molecule has 0 aromatic carbocycles. The van der Waals surface area contributed by atoms with Crippen molar-refractivity contribution in [3.8, 4) is 0 Å². The maximum Gasteiger partial charge on any atom is 0.167 e. The van der Waals surface area contributed by atoms with Crippen molar-refractivity contribution < 1.29 is 4.79 Å². The van der Waals surface area contributed by atoms with Crippen LogP contribution in [0.25, 0.3) is 0 Å². The van der Waals surface area contributed by atoms with Crippen LogP contribution in [0.15, 0.2) is 12.3 Å². The first-order valence-electron chi connectivity index (χ1n) is 7.31. The number of pyridine rings is 1. The van der Waals surface area contributed by atoms with Crippen LogP contribution in [0, 0.1) is 5.92 Å². The van der Waals surface area contributed by atoms with Crippen LogP contribution in [0.5, 0.6) is 0 Å². The summed E-state index contributed by atoms with van der Waals surface area (Å²) in [5, 5.41) is 3.41. The maximum atomic E-state index is 12.6. The summed E-state index contributed by atoms with van der Waals surface area (Å²) in [6.07, 6.45) is 6.49. The van der Waals surface area contributed by atoms with E-state index in [9.17, 15) is 4.79 Å². The van der Waals surface area contributed by atoms with Crippen molar-refractivity contribution in [1.82, 2.24) is 10.3 Å². The Labute approximate surface area is 114 Å². The summed E-state index contributed by atoms with van der Waals surface area (Å²) in [6, 6.07) is 2.05. The van der Waals surface area contributed by atoms with Gasteiger partial charge in [0.05, 0.1) is 5.69 Å². The van der Waals surface area contributed by atoms with Gasteiger partial charge in [-0.15, -0.1) is 0 Å². The van der Waals surface area contributed by atoms with Crippen molar-refractivity contribution in [2.75, 3.05) is 7.05 Å². The Hall–Kier alpha value is -1.22. The molecule has 0 radical (unpaired) electrons. The Morgan fingerprint density at radius 1 is 1.42 bits per heavy atom. The first kappa shape index (κ1) is 12.8. The van der Waals surface area contributed by atoms with Crippen LogP contribution >= 0.6 is 0 Å². The van der Waals surface area contributed by atoms with Crippen LogP contribution in [0.3, 0.4) is 0 Å². The molecule has 0 bridgehead atoms. The predicted molar refractivity (Wildman–Crippen MR) is 75.4 cm³/mol. The molecule has 0 aliphatic heterocycles. The van der Waals surface area contributed by atoms with E-state index in [0.717, 1.165) is 24.1 Å². The van der Waals surface area contributed by atoms with E-state index in [1.165, 1.54) is 18.4 Å². The second-order valence-electron chi connectivity index (χ2n) is 6.24. The van der Waals surface area contributed by atoms with Crippen LogP contribution < -0.4 is 5.32 Å². The molecule has 2 aliphatic carbocycles. The number of rotatable bonds is 5. The van der Waals surface area contributed by atoms with Crippen molar-refractivity contribution in [2.24, 2.45) is 5.92 Å². The summed E-state index contributed by atoms with van der Waals surface area (Å²) in [6.45, 7) is 3.96. The third-order valence-electron chi connectivity index (χ3n) is 4.46. The second-order valence-corrected chi connectivity index (χ2v) is 6.24. The molecule has 0 unspecified atom stereocenters. The van der Waals surface area contributed by atoms with Crippen molar-refractivity contribution in [3.63, 3.8) is 0 Å². The zero-order chi connectivity index (χ0) is 13.6. The summed E-state index contributed by atoms with van der Waals surface area (Å²) in [4.78, 5) is 17.2. The topological polar surface area (TPSA) is 42.0 Å². The lowest BCUT2D eigenvalue weighted by atomic mass is 9.89. The van der Waals surface area contributed by atoms with Gasteiger partial charge in [-0.2, -0.15) is 0 Å². The smallest absolute Gasteiger partial charge is 0.167 e. The monoisotopic (exact) mass is 258 g/mol. The summed E-state index contributed by atoms with van der Waals surface area (Å²) in [7, 11) is 1.99. The molecule has 3 rings (SSSR count). The number of carbonyl (C=O) groups is 1. The molecule has 2 aliphatic rings. The van der Waals surface area contributed by atoms with Gasteiger partial charge < -0.3 is 5.32 Å². The number of hydrogen-bond donors (Lipinski definition) is 1. The Morgan fingerprint density at radius 2 is 2.11 bits per heavy atom. The molecule has 1 aromatic heterocycles. The number of Topliss-reactive ketones (excluding diaryl/α,β-unsaturated/α-hetero) is 1. The Balaban J connectivity index is 2.13. The molecule has 0 atom stereocenters. The first-order valence-corrected chi connectivity index (χ1v) is 7.31. The van der Waals surface area contributed by atoms with Gasteiger partial charge in [-0.25, -0.2) is 0 Å². The lowest BCUT2D eigenvalue weighted by molar-refractivity contribution is 0.0936. The Morgan fingerprint density at radius 3 is 2.58 bits per heavy atom. The van der Waals surface area contributed by atoms with Crippen molar-refractivity contribution in [1.29, 1.82) is 0 Å². The van der Waals surface area contributed by atoms with Crippen LogP contribution in [0.2, 0.25) is 0 Å². The van der Waals surface area contributed by atoms with Gasteiger partial charge in [-0.05, 0) is 44.4 Å². The van der Waals surface area contributed by atoms with E-state index in [1.54, 1.807) is 0 Å². The molecule has 1 aromatic rings. The molecule has 1 heterocycles. The average Bonchev–Trinajstić information content (AvgIpc) is 3.30. The quantitative estimate of drug-likeness (QED) is 0.825. The minimum absolute atomic E-state index is 0.0342. The maximum absolute atomic E-state index is 12.6. The SMILES string of the molecule is CNC1(c2ccnc(C3CC3)c2C(=O)C(C)C)CC1. The number of hydrogen-bond acceptors (Lipinski definition) is 3. The summed E-state index contributed by atoms with van der Waals surface area (Å²) >= 11 is 0. The van der Waals surface area contributed by atoms with Gasteiger partial charge in [-0.3, -0.25) is 9.78 Å². The molecule has 0 amide bonds. The molecule has 19 heavy (non-hydrogen) atoms. The minimum atomic E-state index is 0.0342. The number of aromatic nitrogens is 1. The molecular weight excluding hydrogens is 236 g/mol. The van der Waals surface area contributed by atoms with Gasteiger partial charge >= 0.3 is 0 Å². The highest BCUT2D eigenvalue weighted by molar-refractivity contribution is 6.00. The van der Waals surface area contributed by atoms with Gasteiger partial charge in [0.1, 0.15) is 0 Å². The zero-order valence-corrected chi connectivity index (χ0v) is 12.0. The molecule has 0 saturated heterocycles. The van der Waals surface area contributed by atoms with Gasteiger partial charge in [0.15, 0.2) is 5.78 Å². The third kappa shape index (κ3) is 2.10. The normalized spacial score (nSPS) is 20.6. The summed E-state index contributed by atoms with van der Waals surface area (Å²) < 4.78 is 0. The predicted octanol–water partition coefficient (Wildman–Crippen LogP) is 3.01. The highest BCUT2D eigenvalue weighted by Gasteiger charge is 2.46. The highest BCUT2D eigenvalue weighted by Crippen LogP contribution is 2.49. The molecule has 3 nitrogen and oxygen atoms in total. The van der Waals surface area contributed by atoms with Gasteiger partial charge in [0.2, 0.25) is 0 Å². The molecule has 2 saturated carbocycles. The van der Waals surface area contributed by atoms with Gasteiger partial charge in [-0.1, -0.05) is 13.8 Å². The lowest BCUT2D eigenvalue weighted by Crippen LogP contribution is -2.28. The lowest BCUT2D eigenvalue weighted by Gasteiger charge is -2.21. The van der Waals surface area contributed by atoms with E-state index in [4.69, 9.17) is 0 Å². The fraction of sp³-hybridized carbons (Fsp3) is 0.625. The molecule has 0 spiro atoms. The number of nitrogens with zero attached hydrogens (tertiary/aromatic N) is 1. The van der Waals surface area contributed by atoms with Gasteiger partial charge in [0, 0.05) is 29.1 Å². The number of nitrogens with one attached hydrogen (secondary N) is 1. The molecular formula is C16H22N2O. The van der Waals surface area contributed by atoms with E-state index in [1.807, 2.05) is 33.2 Å². The van der Waals surface area contributed by atoms with Crippen LogP contribution in [0.4, 0.5) is 0 Å². The molecule has 1 N–H and O–H groups in total. The average molecular weight is 258 g/mol. The van der Waals surface area contributed by atoms with E-state index < -0.39 is 0 Å². The second kappa shape index (κ2) is 4.41. The largest absolute Gasteiger partial charge is 0.310 e. The first-order chi connectivity index (χ1) is 9.09. The van der Waals surface area contributed by atoms with Crippen LogP contribution in [-0.2, 0) is 5.54 Å². The number of ketones is 1. The number of carbonyl (C=O) groups excluding carboxylic acids is 1. The van der Waals surface area contributed by atoms with E-state index in [0.29, 0.717) is 5.92 Å². The fourth-order valence-corrected chi connectivity index (χ4v) is 2.87. The van der Waals surface area contributed by atoms with Crippen LogP contribution in [0.1, 0.15) is 67.1 Å². The standard InChI is InChI=1S/C16H22N2O/c1-10(2)15(19)13-12(16(17-3)7-8-16)6-9-18-14(13)11-4-5-11/h6,9-11,17H,4-5,7-8H2,1-3H3. The zero-order valence-electron chi connectivity index (χ0n) is 12.0. The molecule has 3 heteroatoms. The van der Waals surface area contributed by atoms with E-state index in [-0.39, 0.29) is 17.2 Å². The van der Waals surface area contributed by atoms with E-state index in [2.05, 4.69) is 10.3 Å². The molecule has 2 fully saturated rings. The van der Waals surface area contributed by atoms with E-state index >= 15 is 0 Å². The van der Waals surface area contributed by atoms with Crippen molar-refractivity contribution in [2.45, 2.75) is 51.0 Å². The van der Waals surface area contributed by atoms with Crippen molar-refractivity contribution >= 4 is 5.78 Å². The summed E-state index contributed by atoms with van der Waals surface area (Å²) in [5.41, 5.74) is 3.20. The fourth-order valence-electron chi connectivity index (χ4n) is 2.87. The minimum Gasteiger partial charge on any atom is -0.310 e. The Bertz CT molecular complexity index is 513. The third-order valence-corrected chi connectivity index (χ3v) is 4.46. The van der Waals surface area contributed by atoms with Crippen molar-refractivity contribution in [3.05, 3.63) is 29.1 Å².